The molecule has 1 N–H and O–H groups in total. The first-order valence-corrected chi connectivity index (χ1v) is 6.70. The summed E-state index contributed by atoms with van der Waals surface area (Å²) >= 11 is 17.5. The number of carboxylic acid groups (broad SMARTS) is 1. The van der Waals surface area contributed by atoms with Crippen molar-refractivity contribution in [2.24, 2.45) is 0 Å². The average Bonchev–Trinajstić information content (AvgIpc) is 2.40. The maximum Gasteiger partial charge on any atom is 0.417 e. The van der Waals surface area contributed by atoms with Gasteiger partial charge in [-0.1, -0.05) is 34.8 Å². The Labute approximate surface area is 137 Å². The van der Waals surface area contributed by atoms with Crippen LogP contribution in [-0.4, -0.2) is 16.1 Å². The van der Waals surface area contributed by atoms with E-state index in [0.717, 1.165) is 6.20 Å². The predicted octanol–water partition coefficient (Wildman–Crippen LogP) is 5.43. The van der Waals surface area contributed by atoms with Crippen molar-refractivity contribution < 1.29 is 23.1 Å². The summed E-state index contributed by atoms with van der Waals surface area (Å²) in [7, 11) is 0. The third kappa shape index (κ3) is 3.14. The van der Waals surface area contributed by atoms with Crippen LogP contribution in [0.2, 0.25) is 15.1 Å². The number of hydrogen-bond acceptors (Lipinski definition) is 2. The van der Waals surface area contributed by atoms with Gasteiger partial charge < -0.3 is 5.11 Å². The van der Waals surface area contributed by atoms with Crippen molar-refractivity contribution in [1.82, 2.24) is 4.98 Å². The normalized spacial score (nSPS) is 11.5. The van der Waals surface area contributed by atoms with E-state index in [4.69, 9.17) is 39.9 Å². The Hall–Kier alpha value is -1.50. The van der Waals surface area contributed by atoms with E-state index in [9.17, 15) is 18.0 Å². The van der Waals surface area contributed by atoms with Gasteiger partial charge in [0, 0.05) is 16.8 Å². The molecule has 22 heavy (non-hydrogen) atoms. The third-order valence-electron chi connectivity index (χ3n) is 2.72. The lowest BCUT2D eigenvalue weighted by atomic mass is 10.0. The van der Waals surface area contributed by atoms with Crippen molar-refractivity contribution >= 4 is 40.8 Å². The van der Waals surface area contributed by atoms with Crippen molar-refractivity contribution in [2.75, 3.05) is 0 Å². The number of halogens is 6. The molecule has 0 spiro atoms. The molecule has 116 valence electrons. The van der Waals surface area contributed by atoms with Crippen LogP contribution in [0.25, 0.3) is 11.3 Å². The quantitative estimate of drug-likeness (QED) is 0.718. The van der Waals surface area contributed by atoms with Gasteiger partial charge in [-0.25, -0.2) is 4.79 Å². The molecule has 3 nitrogen and oxygen atoms in total. The van der Waals surface area contributed by atoms with E-state index in [1.807, 2.05) is 0 Å². The van der Waals surface area contributed by atoms with Crippen LogP contribution in [0, 0.1) is 0 Å². The van der Waals surface area contributed by atoms with E-state index >= 15 is 0 Å². The van der Waals surface area contributed by atoms with Gasteiger partial charge in [0.15, 0.2) is 0 Å². The highest BCUT2D eigenvalue weighted by molar-refractivity contribution is 6.45. The van der Waals surface area contributed by atoms with Gasteiger partial charge in [-0.15, -0.1) is 0 Å². The second-order valence-corrected chi connectivity index (χ2v) is 5.36. The van der Waals surface area contributed by atoms with Gasteiger partial charge in [-0.05, 0) is 18.2 Å². The number of carbonyl (C=O) groups is 1. The molecule has 1 aromatic heterocycles. The maximum atomic E-state index is 13.0. The standard InChI is InChI=1S/C13H5Cl3F3NO2/c14-5-3-6(10(16)8(15)4-5)11-9(12(21)22)7(1-2-20-11)13(17,18)19/h1-4H,(H,21,22). The Morgan fingerprint density at radius 2 is 1.82 bits per heavy atom. The van der Waals surface area contributed by atoms with Crippen molar-refractivity contribution in [3.8, 4) is 11.3 Å². The first kappa shape index (κ1) is 16.9. The van der Waals surface area contributed by atoms with Crippen molar-refractivity contribution in [1.29, 1.82) is 0 Å². The monoisotopic (exact) mass is 369 g/mol. The maximum absolute atomic E-state index is 13.0. The van der Waals surface area contributed by atoms with Crippen LogP contribution in [0.1, 0.15) is 15.9 Å². The van der Waals surface area contributed by atoms with E-state index < -0.39 is 29.0 Å². The number of pyridine rings is 1. The van der Waals surface area contributed by atoms with E-state index in [0.29, 0.717) is 6.07 Å². The van der Waals surface area contributed by atoms with Crippen LogP contribution in [0.4, 0.5) is 13.2 Å². The van der Waals surface area contributed by atoms with Crippen LogP contribution in [-0.2, 0) is 6.18 Å². The lowest BCUT2D eigenvalue weighted by molar-refractivity contribution is -0.138. The van der Waals surface area contributed by atoms with Crippen LogP contribution in [0.3, 0.4) is 0 Å². The van der Waals surface area contributed by atoms with Gasteiger partial charge in [-0.2, -0.15) is 13.2 Å². The largest absolute Gasteiger partial charge is 0.478 e. The summed E-state index contributed by atoms with van der Waals surface area (Å²) in [6, 6.07) is 3.06. The van der Waals surface area contributed by atoms with E-state index in [1.165, 1.54) is 12.1 Å². The Balaban J connectivity index is 2.85. The zero-order valence-electron chi connectivity index (χ0n) is 10.4. The molecule has 0 atom stereocenters. The summed E-state index contributed by atoms with van der Waals surface area (Å²) in [5.74, 6) is -1.79. The number of alkyl halides is 3. The summed E-state index contributed by atoms with van der Waals surface area (Å²) in [5.41, 5.74) is -2.91. The van der Waals surface area contributed by atoms with Crippen LogP contribution in [0.5, 0.6) is 0 Å². The SMILES string of the molecule is O=C(O)c1c(C(F)(F)F)ccnc1-c1cc(Cl)cc(Cl)c1Cl. The molecule has 0 bridgehead atoms. The van der Waals surface area contributed by atoms with Gasteiger partial charge in [0.2, 0.25) is 0 Å². The molecule has 0 amide bonds. The summed E-state index contributed by atoms with van der Waals surface area (Å²) in [4.78, 5) is 15.0. The first-order chi connectivity index (χ1) is 10.1. The fourth-order valence-electron chi connectivity index (χ4n) is 1.85. The second kappa shape index (κ2) is 5.95. The Morgan fingerprint density at radius 3 is 2.36 bits per heavy atom. The molecule has 0 fully saturated rings. The van der Waals surface area contributed by atoms with Gasteiger partial charge in [0.05, 0.1) is 26.9 Å². The van der Waals surface area contributed by atoms with Gasteiger partial charge in [0.1, 0.15) is 0 Å². The number of hydrogen-bond donors (Lipinski definition) is 1. The number of nitrogens with zero attached hydrogens (tertiary/aromatic N) is 1. The zero-order valence-corrected chi connectivity index (χ0v) is 12.6. The molecule has 2 aromatic rings. The molecule has 0 aliphatic rings. The first-order valence-electron chi connectivity index (χ1n) is 5.57. The molecule has 0 unspecified atom stereocenters. The Morgan fingerprint density at radius 1 is 1.18 bits per heavy atom. The Bertz CT molecular complexity index is 763. The molecule has 0 radical (unpaired) electrons. The number of carboxylic acids is 1. The predicted molar refractivity (Wildman–Crippen MR) is 76.7 cm³/mol. The van der Waals surface area contributed by atoms with Gasteiger partial charge in [-0.3, -0.25) is 4.98 Å². The summed E-state index contributed by atoms with van der Waals surface area (Å²) < 4.78 is 39.0. The highest BCUT2D eigenvalue weighted by Gasteiger charge is 2.37. The molecule has 0 saturated heterocycles. The molecular weight excluding hydrogens is 366 g/mol. The number of rotatable bonds is 2. The topological polar surface area (TPSA) is 50.2 Å². The van der Waals surface area contributed by atoms with Crippen molar-refractivity contribution in [3.05, 3.63) is 50.6 Å². The van der Waals surface area contributed by atoms with Crippen LogP contribution < -0.4 is 0 Å². The van der Waals surface area contributed by atoms with Crippen molar-refractivity contribution in [3.63, 3.8) is 0 Å². The van der Waals surface area contributed by atoms with Crippen LogP contribution >= 0.6 is 34.8 Å². The fourth-order valence-corrected chi connectivity index (χ4v) is 2.54. The van der Waals surface area contributed by atoms with E-state index in [1.54, 1.807) is 0 Å². The number of aromatic nitrogens is 1. The molecule has 0 aliphatic heterocycles. The van der Waals surface area contributed by atoms with Gasteiger partial charge >= 0.3 is 12.1 Å². The third-order valence-corrected chi connectivity index (χ3v) is 3.74. The molecule has 1 heterocycles. The van der Waals surface area contributed by atoms with E-state index in [2.05, 4.69) is 4.98 Å². The Kier molecular flexibility index (Phi) is 4.56. The average molecular weight is 371 g/mol. The minimum atomic E-state index is -4.86. The highest BCUT2D eigenvalue weighted by Crippen LogP contribution is 2.40. The molecule has 0 saturated carbocycles. The summed E-state index contributed by atoms with van der Waals surface area (Å²) in [6.07, 6.45) is -4.02. The summed E-state index contributed by atoms with van der Waals surface area (Å²) in [6.45, 7) is 0. The lowest BCUT2D eigenvalue weighted by Gasteiger charge is -2.14. The lowest BCUT2D eigenvalue weighted by Crippen LogP contribution is -2.15. The molecular formula is C13H5Cl3F3NO2. The van der Waals surface area contributed by atoms with E-state index in [-0.39, 0.29) is 20.6 Å². The second-order valence-electron chi connectivity index (χ2n) is 4.13. The van der Waals surface area contributed by atoms with Crippen molar-refractivity contribution in [2.45, 2.75) is 6.18 Å². The van der Waals surface area contributed by atoms with Gasteiger partial charge in [0.25, 0.3) is 0 Å². The highest BCUT2D eigenvalue weighted by atomic mass is 35.5. The zero-order chi connectivity index (χ0) is 16.7. The molecule has 2 rings (SSSR count). The molecule has 1 aromatic carbocycles. The molecule has 0 aliphatic carbocycles. The minimum absolute atomic E-state index is 0.0280. The smallest absolute Gasteiger partial charge is 0.417 e. The summed E-state index contributed by atoms with van der Waals surface area (Å²) in [5, 5.41) is 9.07. The fraction of sp³-hybridized carbons (Fsp3) is 0.0769. The number of aromatic carboxylic acids is 1. The minimum Gasteiger partial charge on any atom is -0.478 e. The molecule has 9 heteroatoms. The number of benzene rings is 1. The van der Waals surface area contributed by atoms with Crippen LogP contribution in [0.15, 0.2) is 24.4 Å².